The first-order chi connectivity index (χ1) is 13.7. The van der Waals surface area contributed by atoms with Gasteiger partial charge >= 0.3 is 5.97 Å². The molecule has 0 radical (unpaired) electrons. The largest absolute Gasteiger partial charge is 0.461 e. The number of aromatic nitrogens is 1. The lowest BCUT2D eigenvalue weighted by atomic mass is 10.1. The Balaban J connectivity index is 1.73. The summed E-state index contributed by atoms with van der Waals surface area (Å²) >= 11 is 6.87. The van der Waals surface area contributed by atoms with Crippen molar-refractivity contribution >= 4 is 44.8 Å². The summed E-state index contributed by atoms with van der Waals surface area (Å²) < 4.78 is 32.4. The van der Waals surface area contributed by atoms with Gasteiger partial charge in [0.15, 0.2) is 0 Å². The van der Waals surface area contributed by atoms with Crippen LogP contribution in [0.5, 0.6) is 0 Å². The standard InChI is InChI=1S/C18H22ClN3O5S2/c1-4-27-18(24)16-11(2)15(12(3)20-16)17(23)21-7-9-22(10-8-21)29(25,26)14-6-5-13(19)28-14/h5-6,20H,4,7-10H2,1-3H3. The van der Waals surface area contributed by atoms with Gasteiger partial charge in [0.2, 0.25) is 0 Å². The number of ether oxygens (including phenoxy) is 1. The van der Waals surface area contributed by atoms with Crippen molar-refractivity contribution in [2.24, 2.45) is 0 Å². The number of piperazine rings is 1. The molecule has 0 spiro atoms. The first-order valence-corrected chi connectivity index (χ1v) is 11.7. The number of carbonyl (C=O) groups is 2. The van der Waals surface area contributed by atoms with Crippen molar-refractivity contribution < 1.29 is 22.7 Å². The number of aryl methyl sites for hydroxylation is 1. The maximum absolute atomic E-state index is 13.0. The number of nitrogens with one attached hydrogen (secondary N) is 1. The van der Waals surface area contributed by atoms with Crippen LogP contribution in [0.4, 0.5) is 0 Å². The Morgan fingerprint density at radius 3 is 2.41 bits per heavy atom. The Bertz CT molecular complexity index is 1040. The number of hydrogen-bond acceptors (Lipinski definition) is 6. The second-order valence-electron chi connectivity index (χ2n) is 6.60. The smallest absolute Gasteiger partial charge is 0.355 e. The molecule has 158 valence electrons. The number of amides is 1. The number of nitrogens with zero attached hydrogens (tertiary/aromatic N) is 2. The summed E-state index contributed by atoms with van der Waals surface area (Å²) in [6.45, 7) is 6.28. The van der Waals surface area contributed by atoms with Crippen LogP contribution in [0.25, 0.3) is 0 Å². The molecule has 8 nitrogen and oxygen atoms in total. The molecule has 1 saturated heterocycles. The zero-order valence-corrected chi connectivity index (χ0v) is 18.7. The molecule has 1 N–H and O–H groups in total. The van der Waals surface area contributed by atoms with E-state index in [0.29, 0.717) is 21.2 Å². The van der Waals surface area contributed by atoms with E-state index in [1.165, 1.54) is 10.4 Å². The fourth-order valence-corrected chi connectivity index (χ4v) is 6.39. The lowest BCUT2D eigenvalue weighted by Crippen LogP contribution is -2.50. The highest BCUT2D eigenvalue weighted by Gasteiger charge is 2.33. The predicted octanol–water partition coefficient (Wildman–Crippen LogP) is 2.67. The molecule has 3 heterocycles. The van der Waals surface area contributed by atoms with Crippen molar-refractivity contribution in [3.8, 4) is 0 Å². The maximum atomic E-state index is 13.0. The van der Waals surface area contributed by atoms with Crippen LogP contribution in [-0.2, 0) is 14.8 Å². The molecule has 3 rings (SSSR count). The van der Waals surface area contributed by atoms with E-state index in [9.17, 15) is 18.0 Å². The van der Waals surface area contributed by atoms with E-state index < -0.39 is 16.0 Å². The summed E-state index contributed by atoms with van der Waals surface area (Å²) in [5.41, 5.74) is 1.81. The highest BCUT2D eigenvalue weighted by molar-refractivity contribution is 7.91. The molecule has 2 aromatic heterocycles. The zero-order valence-electron chi connectivity index (χ0n) is 16.3. The Kier molecular flexibility index (Phi) is 6.37. The van der Waals surface area contributed by atoms with Gasteiger partial charge in [0.05, 0.1) is 16.5 Å². The molecule has 1 amide bonds. The van der Waals surface area contributed by atoms with Crippen LogP contribution in [0.15, 0.2) is 16.3 Å². The van der Waals surface area contributed by atoms with Crippen molar-refractivity contribution in [2.45, 2.75) is 25.0 Å². The summed E-state index contributed by atoms with van der Waals surface area (Å²) in [7, 11) is -3.62. The fourth-order valence-electron chi connectivity index (χ4n) is 3.33. The van der Waals surface area contributed by atoms with Crippen molar-refractivity contribution in [3.05, 3.63) is 39.0 Å². The first kappa shape index (κ1) is 21.8. The highest BCUT2D eigenvalue weighted by atomic mass is 35.5. The Hall–Kier alpha value is -1.88. The van der Waals surface area contributed by atoms with E-state index in [1.54, 1.807) is 31.7 Å². The number of thiophene rings is 1. The normalized spacial score (nSPS) is 15.5. The van der Waals surface area contributed by atoms with E-state index in [4.69, 9.17) is 16.3 Å². The Labute approximate surface area is 178 Å². The SMILES string of the molecule is CCOC(=O)c1[nH]c(C)c(C(=O)N2CCN(S(=O)(=O)c3ccc(Cl)s3)CC2)c1C. The third-order valence-electron chi connectivity index (χ3n) is 4.80. The van der Waals surface area contributed by atoms with Gasteiger partial charge in [-0.15, -0.1) is 11.3 Å². The van der Waals surface area contributed by atoms with Gasteiger partial charge in [0, 0.05) is 31.9 Å². The van der Waals surface area contributed by atoms with Gasteiger partial charge in [0.1, 0.15) is 9.90 Å². The van der Waals surface area contributed by atoms with Crippen LogP contribution >= 0.6 is 22.9 Å². The van der Waals surface area contributed by atoms with Crippen molar-refractivity contribution in [3.63, 3.8) is 0 Å². The second kappa shape index (κ2) is 8.47. The quantitative estimate of drug-likeness (QED) is 0.693. The van der Waals surface area contributed by atoms with Gasteiger partial charge in [-0.05, 0) is 38.5 Å². The molecule has 0 bridgehead atoms. The molecular weight excluding hydrogens is 438 g/mol. The molecular formula is C18H22ClN3O5S2. The van der Waals surface area contributed by atoms with E-state index in [-0.39, 0.29) is 48.6 Å². The van der Waals surface area contributed by atoms with E-state index in [0.717, 1.165) is 11.3 Å². The summed E-state index contributed by atoms with van der Waals surface area (Å²) in [6, 6.07) is 3.04. The average Bonchev–Trinajstić information content (AvgIpc) is 3.25. The summed E-state index contributed by atoms with van der Waals surface area (Å²) in [6.07, 6.45) is 0. The molecule has 11 heteroatoms. The van der Waals surface area contributed by atoms with E-state index >= 15 is 0 Å². The number of sulfonamides is 1. The van der Waals surface area contributed by atoms with Gasteiger partial charge in [0.25, 0.3) is 15.9 Å². The Morgan fingerprint density at radius 2 is 1.86 bits per heavy atom. The second-order valence-corrected chi connectivity index (χ2v) is 10.5. The lowest BCUT2D eigenvalue weighted by Gasteiger charge is -2.33. The van der Waals surface area contributed by atoms with Crippen LogP contribution in [0.1, 0.15) is 39.0 Å². The minimum absolute atomic E-state index is 0.191. The molecule has 1 fully saturated rings. The highest BCUT2D eigenvalue weighted by Crippen LogP contribution is 2.29. The van der Waals surface area contributed by atoms with Gasteiger partial charge in [-0.3, -0.25) is 4.79 Å². The summed E-state index contributed by atoms with van der Waals surface area (Å²) in [5, 5.41) is 0. The van der Waals surface area contributed by atoms with Gasteiger partial charge in [-0.1, -0.05) is 11.6 Å². The van der Waals surface area contributed by atoms with Crippen LogP contribution in [0.3, 0.4) is 0 Å². The first-order valence-electron chi connectivity index (χ1n) is 9.07. The van der Waals surface area contributed by atoms with Crippen LogP contribution < -0.4 is 0 Å². The van der Waals surface area contributed by atoms with E-state index in [2.05, 4.69) is 4.98 Å². The topological polar surface area (TPSA) is 99.8 Å². The minimum atomic E-state index is -3.62. The molecule has 0 saturated carbocycles. The van der Waals surface area contributed by atoms with Crippen molar-refractivity contribution in [2.75, 3.05) is 32.8 Å². The molecule has 0 aliphatic carbocycles. The van der Waals surface area contributed by atoms with Gasteiger partial charge < -0.3 is 14.6 Å². The molecule has 0 atom stereocenters. The molecule has 0 unspecified atom stereocenters. The fraction of sp³-hybridized carbons (Fsp3) is 0.444. The van der Waals surface area contributed by atoms with Gasteiger partial charge in [-0.2, -0.15) is 4.31 Å². The Morgan fingerprint density at radius 1 is 1.21 bits per heavy atom. The number of esters is 1. The van der Waals surface area contributed by atoms with Crippen LogP contribution in [-0.4, -0.2) is 67.3 Å². The third kappa shape index (κ3) is 4.20. The van der Waals surface area contributed by atoms with Crippen LogP contribution in [0, 0.1) is 13.8 Å². The number of hydrogen-bond donors (Lipinski definition) is 1. The van der Waals surface area contributed by atoms with Crippen molar-refractivity contribution in [1.29, 1.82) is 0 Å². The average molecular weight is 460 g/mol. The minimum Gasteiger partial charge on any atom is -0.461 e. The van der Waals surface area contributed by atoms with Crippen molar-refractivity contribution in [1.82, 2.24) is 14.2 Å². The summed E-state index contributed by atoms with van der Waals surface area (Å²) in [4.78, 5) is 29.6. The van der Waals surface area contributed by atoms with Crippen LogP contribution in [0.2, 0.25) is 4.34 Å². The van der Waals surface area contributed by atoms with Gasteiger partial charge in [-0.25, -0.2) is 13.2 Å². The lowest BCUT2D eigenvalue weighted by molar-refractivity contribution is 0.0519. The number of carbonyl (C=O) groups excluding carboxylic acids is 2. The third-order valence-corrected chi connectivity index (χ3v) is 8.40. The zero-order chi connectivity index (χ0) is 21.3. The number of H-pyrrole nitrogens is 1. The summed E-state index contributed by atoms with van der Waals surface area (Å²) in [5.74, 6) is -0.735. The molecule has 1 aliphatic rings. The monoisotopic (exact) mass is 459 g/mol. The predicted molar refractivity (Wildman–Crippen MR) is 110 cm³/mol. The number of halogens is 1. The molecule has 1 aliphatic heterocycles. The maximum Gasteiger partial charge on any atom is 0.355 e. The van der Waals surface area contributed by atoms with E-state index in [1.807, 2.05) is 0 Å². The molecule has 29 heavy (non-hydrogen) atoms. The number of aromatic amines is 1. The molecule has 2 aromatic rings. The molecule has 0 aromatic carbocycles. The number of rotatable bonds is 5.